The molecule has 0 heterocycles. The zero-order valence-corrected chi connectivity index (χ0v) is 9.55. The molecule has 0 aliphatic carbocycles. The first kappa shape index (κ1) is 12.7. The minimum absolute atomic E-state index is 0.167. The summed E-state index contributed by atoms with van der Waals surface area (Å²) in [5.41, 5.74) is 2.43. The maximum absolute atomic E-state index is 9.44. The molecule has 0 unspecified atom stereocenters. The molecule has 2 heteroatoms. The van der Waals surface area contributed by atoms with Crippen LogP contribution >= 0.6 is 0 Å². The third-order valence-electron chi connectivity index (χ3n) is 1.56. The molecule has 0 saturated carbocycles. The van der Waals surface area contributed by atoms with E-state index in [0.29, 0.717) is 0 Å². The van der Waals surface area contributed by atoms with Gasteiger partial charge in [0.25, 0.3) is 0 Å². The number of rotatable bonds is 1. The molecule has 2 nitrogen and oxygen atoms in total. The van der Waals surface area contributed by atoms with Gasteiger partial charge in [0, 0.05) is 0 Å². The second kappa shape index (κ2) is 6.19. The lowest BCUT2D eigenvalue weighted by molar-refractivity contribution is -0.114. The Balaban J connectivity index is 0.000000364. The average molecular weight is 194 g/mol. The van der Waals surface area contributed by atoms with Crippen LogP contribution in [0, 0.1) is 13.8 Å². The summed E-state index contributed by atoms with van der Waals surface area (Å²) in [6, 6.07) is 6.18. The number of carbonyl (C=O) groups excluding carboxylic acids is 1. The molecule has 1 aromatic rings. The lowest BCUT2D eigenvalue weighted by Gasteiger charge is -2.03. The molecule has 14 heavy (non-hydrogen) atoms. The smallest absolute Gasteiger partial charge is 0.126 e. The molecule has 0 saturated heterocycles. The van der Waals surface area contributed by atoms with Gasteiger partial charge in [0.15, 0.2) is 0 Å². The SMILES string of the molecule is CC(C)=O.COc1cc(C)ccc1C. The lowest BCUT2D eigenvalue weighted by atomic mass is 10.1. The molecular weight excluding hydrogens is 176 g/mol. The monoisotopic (exact) mass is 194 g/mol. The molecule has 0 bridgehead atoms. The van der Waals surface area contributed by atoms with Gasteiger partial charge in [-0.25, -0.2) is 0 Å². The zero-order chi connectivity index (χ0) is 11.1. The van der Waals surface area contributed by atoms with Crippen LogP contribution in [0.5, 0.6) is 5.75 Å². The molecule has 0 fully saturated rings. The number of methoxy groups -OCH3 is 1. The summed E-state index contributed by atoms with van der Waals surface area (Å²) in [7, 11) is 1.70. The number of hydrogen-bond acceptors (Lipinski definition) is 2. The second-order valence-corrected chi connectivity index (χ2v) is 3.38. The molecule has 0 aliphatic heterocycles. The van der Waals surface area contributed by atoms with E-state index in [4.69, 9.17) is 4.74 Å². The van der Waals surface area contributed by atoms with Crippen molar-refractivity contribution in [3.8, 4) is 5.75 Å². The Morgan fingerprint density at radius 3 is 2.07 bits per heavy atom. The Morgan fingerprint density at radius 1 is 1.21 bits per heavy atom. The topological polar surface area (TPSA) is 26.3 Å². The van der Waals surface area contributed by atoms with Crippen LogP contribution in [0.15, 0.2) is 18.2 Å². The normalized spacial score (nSPS) is 8.64. The highest BCUT2D eigenvalue weighted by Crippen LogP contribution is 2.17. The molecule has 0 radical (unpaired) electrons. The average Bonchev–Trinajstić information content (AvgIpc) is 2.08. The van der Waals surface area contributed by atoms with Crippen molar-refractivity contribution in [2.75, 3.05) is 7.11 Å². The molecule has 0 N–H and O–H groups in total. The fourth-order valence-corrected chi connectivity index (χ4v) is 0.927. The predicted molar refractivity (Wildman–Crippen MR) is 58.8 cm³/mol. The molecule has 1 aromatic carbocycles. The largest absolute Gasteiger partial charge is 0.496 e. The number of carbonyl (C=O) groups is 1. The lowest BCUT2D eigenvalue weighted by Crippen LogP contribution is -1.86. The van der Waals surface area contributed by atoms with Gasteiger partial charge in [0.2, 0.25) is 0 Å². The molecule has 78 valence electrons. The number of hydrogen-bond donors (Lipinski definition) is 0. The van der Waals surface area contributed by atoms with Crippen LogP contribution in [-0.4, -0.2) is 12.9 Å². The van der Waals surface area contributed by atoms with Crippen molar-refractivity contribution in [2.45, 2.75) is 27.7 Å². The zero-order valence-electron chi connectivity index (χ0n) is 9.55. The van der Waals surface area contributed by atoms with E-state index in [1.165, 1.54) is 25.0 Å². The third kappa shape index (κ3) is 5.36. The van der Waals surface area contributed by atoms with E-state index in [1.807, 2.05) is 13.0 Å². The molecular formula is C12H18O2. The van der Waals surface area contributed by atoms with Gasteiger partial charge < -0.3 is 9.53 Å². The highest BCUT2D eigenvalue weighted by Gasteiger charge is 1.94. The van der Waals surface area contributed by atoms with Crippen molar-refractivity contribution in [3.63, 3.8) is 0 Å². The van der Waals surface area contributed by atoms with Gasteiger partial charge in [0.1, 0.15) is 11.5 Å². The van der Waals surface area contributed by atoms with Gasteiger partial charge in [-0.05, 0) is 44.9 Å². The molecule has 1 rings (SSSR count). The fourth-order valence-electron chi connectivity index (χ4n) is 0.927. The Labute approximate surface area is 85.9 Å². The van der Waals surface area contributed by atoms with Crippen LogP contribution in [-0.2, 0) is 4.79 Å². The van der Waals surface area contributed by atoms with Gasteiger partial charge in [-0.1, -0.05) is 12.1 Å². The summed E-state index contributed by atoms with van der Waals surface area (Å²) in [5.74, 6) is 1.14. The summed E-state index contributed by atoms with van der Waals surface area (Å²) >= 11 is 0. The summed E-state index contributed by atoms with van der Waals surface area (Å²) in [5, 5.41) is 0. The minimum Gasteiger partial charge on any atom is -0.496 e. The quantitative estimate of drug-likeness (QED) is 0.687. The van der Waals surface area contributed by atoms with Gasteiger partial charge in [-0.15, -0.1) is 0 Å². The van der Waals surface area contributed by atoms with Crippen molar-refractivity contribution >= 4 is 5.78 Å². The van der Waals surface area contributed by atoms with E-state index in [-0.39, 0.29) is 5.78 Å². The van der Waals surface area contributed by atoms with Crippen LogP contribution < -0.4 is 4.74 Å². The number of ketones is 1. The predicted octanol–water partition coefficient (Wildman–Crippen LogP) is 2.91. The fraction of sp³-hybridized carbons (Fsp3) is 0.417. The third-order valence-corrected chi connectivity index (χ3v) is 1.56. The summed E-state index contributed by atoms with van der Waals surface area (Å²) in [6.07, 6.45) is 0. The van der Waals surface area contributed by atoms with E-state index in [9.17, 15) is 4.79 Å². The van der Waals surface area contributed by atoms with Gasteiger partial charge >= 0.3 is 0 Å². The first-order valence-electron chi connectivity index (χ1n) is 4.55. The van der Waals surface area contributed by atoms with E-state index < -0.39 is 0 Å². The molecule has 0 atom stereocenters. The van der Waals surface area contributed by atoms with Crippen molar-refractivity contribution in [3.05, 3.63) is 29.3 Å². The minimum atomic E-state index is 0.167. The summed E-state index contributed by atoms with van der Waals surface area (Å²) in [4.78, 5) is 9.44. The van der Waals surface area contributed by atoms with Gasteiger partial charge in [-0.2, -0.15) is 0 Å². The van der Waals surface area contributed by atoms with Crippen LogP contribution in [0.3, 0.4) is 0 Å². The molecule has 0 spiro atoms. The summed E-state index contributed by atoms with van der Waals surface area (Å²) < 4.78 is 5.13. The van der Waals surface area contributed by atoms with Crippen molar-refractivity contribution in [1.29, 1.82) is 0 Å². The first-order chi connectivity index (χ1) is 6.47. The van der Waals surface area contributed by atoms with E-state index in [2.05, 4.69) is 19.1 Å². The van der Waals surface area contributed by atoms with E-state index in [0.717, 1.165) is 5.75 Å². The van der Waals surface area contributed by atoms with Crippen molar-refractivity contribution < 1.29 is 9.53 Å². The highest BCUT2D eigenvalue weighted by atomic mass is 16.5. The van der Waals surface area contributed by atoms with Crippen LogP contribution in [0.2, 0.25) is 0 Å². The van der Waals surface area contributed by atoms with Gasteiger partial charge in [-0.3, -0.25) is 0 Å². The Hall–Kier alpha value is -1.31. The molecule has 0 amide bonds. The number of ether oxygens (including phenoxy) is 1. The number of Topliss-reactive ketones (excluding diaryl/α,β-unsaturated/α-hetero) is 1. The number of benzene rings is 1. The Morgan fingerprint density at radius 2 is 1.71 bits per heavy atom. The van der Waals surface area contributed by atoms with Crippen molar-refractivity contribution in [1.82, 2.24) is 0 Å². The maximum atomic E-state index is 9.44. The van der Waals surface area contributed by atoms with Crippen LogP contribution in [0.4, 0.5) is 0 Å². The standard InChI is InChI=1S/C9H12O.C3H6O/c1-7-4-5-8(2)9(6-7)10-3;1-3(2)4/h4-6H,1-3H3;1-2H3. The summed E-state index contributed by atoms with van der Waals surface area (Å²) in [6.45, 7) is 7.15. The Bertz CT molecular complexity index is 299. The van der Waals surface area contributed by atoms with Crippen LogP contribution in [0.25, 0.3) is 0 Å². The number of aryl methyl sites for hydroxylation is 2. The maximum Gasteiger partial charge on any atom is 0.126 e. The van der Waals surface area contributed by atoms with Crippen molar-refractivity contribution in [2.24, 2.45) is 0 Å². The second-order valence-electron chi connectivity index (χ2n) is 3.38. The first-order valence-corrected chi connectivity index (χ1v) is 4.55. The highest BCUT2D eigenvalue weighted by molar-refractivity contribution is 5.72. The van der Waals surface area contributed by atoms with E-state index in [1.54, 1.807) is 7.11 Å². The van der Waals surface area contributed by atoms with Gasteiger partial charge in [0.05, 0.1) is 7.11 Å². The Kier molecular flexibility index (Phi) is 5.61. The van der Waals surface area contributed by atoms with Crippen LogP contribution in [0.1, 0.15) is 25.0 Å². The molecule has 0 aliphatic rings. The van der Waals surface area contributed by atoms with E-state index >= 15 is 0 Å². The molecule has 0 aromatic heterocycles.